The van der Waals surface area contributed by atoms with Crippen LogP contribution in [0, 0.1) is 6.92 Å². The van der Waals surface area contributed by atoms with Gasteiger partial charge in [0.05, 0.1) is 23.7 Å². The van der Waals surface area contributed by atoms with E-state index < -0.39 is 21.4 Å². The van der Waals surface area contributed by atoms with E-state index in [1.54, 1.807) is 19.3 Å². The summed E-state index contributed by atoms with van der Waals surface area (Å²) in [4.78, 5) is 8.65. The fourth-order valence-corrected chi connectivity index (χ4v) is 5.43. The highest BCUT2D eigenvalue weighted by Gasteiger charge is 2.36. The normalized spacial score (nSPS) is 21.6. The van der Waals surface area contributed by atoms with Crippen molar-refractivity contribution in [2.75, 3.05) is 24.5 Å². The predicted octanol–water partition coefficient (Wildman–Crippen LogP) is 2.88. The molecule has 34 heavy (non-hydrogen) atoms. The van der Waals surface area contributed by atoms with Crippen LogP contribution in [0.1, 0.15) is 81.9 Å². The quantitative estimate of drug-likeness (QED) is 0.559. The zero-order valence-corrected chi connectivity index (χ0v) is 21.0. The Bertz CT molecular complexity index is 1050. The average Bonchev–Trinajstić information content (AvgIpc) is 3.48. The van der Waals surface area contributed by atoms with Crippen LogP contribution < -0.4 is 4.72 Å². The van der Waals surface area contributed by atoms with E-state index in [-0.39, 0.29) is 24.2 Å². The second-order valence-electron chi connectivity index (χ2n) is 9.14. The molecule has 0 bridgehead atoms. The van der Waals surface area contributed by atoms with Gasteiger partial charge in [0.25, 0.3) is 0 Å². The zero-order chi connectivity index (χ0) is 24.3. The lowest BCUT2D eigenvalue weighted by molar-refractivity contribution is 0.00394. The number of sulfonamides is 1. The lowest BCUT2D eigenvalue weighted by Gasteiger charge is -2.28. The van der Waals surface area contributed by atoms with Crippen molar-refractivity contribution in [1.29, 1.82) is 0 Å². The maximum Gasteiger partial charge on any atom is 0.240 e. The Labute approximate surface area is 200 Å². The van der Waals surface area contributed by atoms with Gasteiger partial charge in [-0.05, 0) is 53.4 Å². The molecular weight excluding hydrogens is 460 g/mol. The number of aromatic nitrogens is 5. The molecule has 2 aliphatic heterocycles. The van der Waals surface area contributed by atoms with Gasteiger partial charge < -0.3 is 14.2 Å². The molecule has 3 atom stereocenters. The highest BCUT2D eigenvalue weighted by atomic mass is 32.2. The number of hydrogen-bond acceptors (Lipinski definition) is 9. The minimum absolute atomic E-state index is 0.0293. The fourth-order valence-electron chi connectivity index (χ4n) is 4.32. The van der Waals surface area contributed by atoms with Crippen molar-refractivity contribution in [3.63, 3.8) is 0 Å². The van der Waals surface area contributed by atoms with Crippen molar-refractivity contribution in [3.8, 4) is 0 Å². The van der Waals surface area contributed by atoms with E-state index in [2.05, 4.69) is 24.9 Å². The van der Waals surface area contributed by atoms with Crippen molar-refractivity contribution < 1.29 is 22.6 Å². The largest absolute Gasteiger partial charge is 0.381 e. The summed E-state index contributed by atoms with van der Waals surface area (Å²) in [7, 11) is -3.93. The molecule has 0 spiro atoms. The van der Waals surface area contributed by atoms with Crippen LogP contribution in [0.2, 0.25) is 0 Å². The topological polar surface area (TPSA) is 130 Å². The molecule has 4 heterocycles. The van der Waals surface area contributed by atoms with Crippen molar-refractivity contribution >= 4 is 16.0 Å². The molecule has 0 aliphatic carbocycles. The summed E-state index contributed by atoms with van der Waals surface area (Å²) in [5.74, 6) is 0.858. The van der Waals surface area contributed by atoms with Crippen LogP contribution >= 0.6 is 0 Å². The van der Waals surface area contributed by atoms with Gasteiger partial charge in [0, 0.05) is 32.1 Å². The summed E-state index contributed by atoms with van der Waals surface area (Å²) in [6.07, 6.45) is 5.25. The van der Waals surface area contributed by atoms with Crippen LogP contribution in [0.4, 0.5) is 5.95 Å². The van der Waals surface area contributed by atoms with E-state index >= 15 is 0 Å². The highest BCUT2D eigenvalue weighted by molar-refractivity contribution is 7.93. The molecule has 11 nitrogen and oxygen atoms in total. The Balaban J connectivity index is 1.64. The van der Waals surface area contributed by atoms with Gasteiger partial charge >= 0.3 is 0 Å². The Morgan fingerprint density at radius 1 is 1.09 bits per heavy atom. The second-order valence-corrected chi connectivity index (χ2v) is 11.2. The molecular formula is C22H34N6O5S. The zero-order valence-electron chi connectivity index (χ0n) is 20.2. The molecule has 12 heteroatoms. The van der Waals surface area contributed by atoms with E-state index in [1.807, 2.05) is 25.3 Å². The fraction of sp³-hybridized carbons (Fsp3) is 0.727. The third-order valence-corrected chi connectivity index (χ3v) is 7.85. The Kier molecular flexibility index (Phi) is 7.80. The average molecular weight is 495 g/mol. The van der Waals surface area contributed by atoms with Gasteiger partial charge in [-0.15, -0.1) is 10.2 Å². The molecule has 0 saturated carbocycles. The number of nitrogens with one attached hydrogen (secondary N) is 1. The number of ether oxygens (including phenoxy) is 3. The van der Waals surface area contributed by atoms with Crippen LogP contribution in [0.15, 0.2) is 12.4 Å². The van der Waals surface area contributed by atoms with Crippen LogP contribution in [0.25, 0.3) is 0 Å². The van der Waals surface area contributed by atoms with Crippen molar-refractivity contribution in [2.45, 2.75) is 83.0 Å². The Hall–Kier alpha value is -2.15. The summed E-state index contributed by atoms with van der Waals surface area (Å²) in [6, 6.07) is 0.0293. The monoisotopic (exact) mass is 494 g/mol. The standard InChI is InChI=1S/C22H34N6O5S/c1-14(2)33-20(18-13-23-15(3)12-24-18)16(4)34(29,30)27-22-26-25-21(19-6-5-9-32-19)28(22)17-7-10-31-11-8-17/h12-14,16-17,19-20H,5-11H2,1-4H3,(H,26,27)/t16?,19-,20?/m1/s1. The first-order valence-electron chi connectivity index (χ1n) is 11.9. The van der Waals surface area contributed by atoms with Crippen LogP contribution in [-0.4, -0.2) is 64.3 Å². The van der Waals surface area contributed by atoms with Gasteiger partial charge in [-0.3, -0.25) is 19.3 Å². The molecule has 0 radical (unpaired) electrons. The van der Waals surface area contributed by atoms with E-state index in [9.17, 15) is 8.42 Å². The lowest BCUT2D eigenvalue weighted by atomic mass is 10.1. The highest BCUT2D eigenvalue weighted by Crippen LogP contribution is 2.35. The first-order valence-corrected chi connectivity index (χ1v) is 13.4. The molecule has 1 N–H and O–H groups in total. The van der Waals surface area contributed by atoms with Gasteiger partial charge in [0.1, 0.15) is 17.5 Å². The molecule has 2 aromatic rings. The summed E-state index contributed by atoms with van der Waals surface area (Å²) in [6.45, 7) is 9.02. The molecule has 2 unspecified atom stereocenters. The third kappa shape index (κ3) is 5.56. The van der Waals surface area contributed by atoms with Crippen LogP contribution in [-0.2, 0) is 24.2 Å². The van der Waals surface area contributed by atoms with Gasteiger partial charge in [0.15, 0.2) is 5.82 Å². The smallest absolute Gasteiger partial charge is 0.240 e. The van der Waals surface area contributed by atoms with Gasteiger partial charge in [0.2, 0.25) is 16.0 Å². The van der Waals surface area contributed by atoms with E-state index in [1.165, 1.54) is 0 Å². The molecule has 2 fully saturated rings. The van der Waals surface area contributed by atoms with E-state index in [4.69, 9.17) is 14.2 Å². The van der Waals surface area contributed by atoms with Crippen LogP contribution in [0.5, 0.6) is 0 Å². The Morgan fingerprint density at radius 2 is 1.85 bits per heavy atom. The van der Waals surface area contributed by atoms with Crippen molar-refractivity contribution in [3.05, 3.63) is 29.6 Å². The summed E-state index contributed by atoms with van der Waals surface area (Å²) >= 11 is 0. The van der Waals surface area contributed by atoms with E-state index in [0.717, 1.165) is 31.4 Å². The van der Waals surface area contributed by atoms with Crippen LogP contribution in [0.3, 0.4) is 0 Å². The maximum absolute atomic E-state index is 13.6. The van der Waals surface area contributed by atoms with Crippen molar-refractivity contribution in [2.24, 2.45) is 0 Å². The molecule has 2 saturated heterocycles. The SMILES string of the molecule is Cc1cnc(C(OC(C)C)C(C)S(=O)(=O)Nc2nnc([C@H]3CCCO3)n2C2CCOCC2)cn1. The minimum atomic E-state index is -3.93. The van der Waals surface area contributed by atoms with Gasteiger partial charge in [-0.1, -0.05) is 0 Å². The molecule has 188 valence electrons. The summed E-state index contributed by atoms with van der Waals surface area (Å²) in [5, 5.41) is 7.63. The molecule has 0 amide bonds. The predicted molar refractivity (Wildman–Crippen MR) is 125 cm³/mol. The third-order valence-electron chi connectivity index (χ3n) is 6.16. The molecule has 2 aromatic heterocycles. The number of nitrogens with zero attached hydrogens (tertiary/aromatic N) is 5. The molecule has 2 aliphatic rings. The van der Waals surface area contributed by atoms with Crippen molar-refractivity contribution in [1.82, 2.24) is 24.7 Å². The first kappa shape index (κ1) is 25.0. The summed E-state index contributed by atoms with van der Waals surface area (Å²) in [5.41, 5.74) is 1.20. The molecule has 4 rings (SSSR count). The number of anilines is 1. The minimum Gasteiger partial charge on any atom is -0.381 e. The van der Waals surface area contributed by atoms with Gasteiger partial charge in [-0.25, -0.2) is 8.42 Å². The second kappa shape index (κ2) is 10.6. The lowest BCUT2D eigenvalue weighted by Crippen LogP contribution is -2.35. The molecule has 0 aromatic carbocycles. The summed E-state index contributed by atoms with van der Waals surface area (Å²) < 4.78 is 49.1. The Morgan fingerprint density at radius 3 is 2.47 bits per heavy atom. The maximum atomic E-state index is 13.6. The first-order chi connectivity index (χ1) is 16.3. The number of hydrogen-bond donors (Lipinski definition) is 1. The van der Waals surface area contributed by atoms with E-state index in [0.29, 0.717) is 31.3 Å². The van der Waals surface area contributed by atoms with Gasteiger partial charge in [-0.2, -0.15) is 0 Å². The number of aryl methyl sites for hydroxylation is 1. The number of rotatable bonds is 9.